The quantitative estimate of drug-likeness (QED) is 0.428. The lowest BCUT2D eigenvalue weighted by Gasteiger charge is -2.07. The number of aromatic nitrogens is 3. The number of benzene rings is 2. The van der Waals surface area contributed by atoms with Gasteiger partial charge in [-0.2, -0.15) is 4.98 Å². The number of thiazole rings is 1. The van der Waals surface area contributed by atoms with Crippen molar-refractivity contribution in [2.45, 2.75) is 19.8 Å². The predicted molar refractivity (Wildman–Crippen MR) is 113 cm³/mol. The van der Waals surface area contributed by atoms with Gasteiger partial charge in [0.2, 0.25) is 11.7 Å². The molecular formula is C22H21N3O3S. The first-order valence-corrected chi connectivity index (χ1v) is 10.2. The average Bonchev–Trinajstić information content (AvgIpc) is 3.43. The number of methoxy groups -OCH3 is 2. The summed E-state index contributed by atoms with van der Waals surface area (Å²) < 4.78 is 16.1. The van der Waals surface area contributed by atoms with Crippen LogP contribution in [0.25, 0.3) is 22.6 Å². The van der Waals surface area contributed by atoms with Crippen LogP contribution in [0.3, 0.4) is 0 Å². The molecule has 0 atom stereocenters. The third-order valence-electron chi connectivity index (χ3n) is 4.63. The number of hydrogen-bond acceptors (Lipinski definition) is 7. The Morgan fingerprint density at radius 1 is 1.00 bits per heavy atom. The molecule has 0 fully saturated rings. The molecule has 0 aliphatic rings. The van der Waals surface area contributed by atoms with Crippen LogP contribution in [0.15, 0.2) is 52.4 Å². The number of ether oxygens (including phenoxy) is 2. The first kappa shape index (κ1) is 19.1. The van der Waals surface area contributed by atoms with Crippen molar-refractivity contribution in [3.63, 3.8) is 0 Å². The summed E-state index contributed by atoms with van der Waals surface area (Å²) >= 11 is 1.59. The lowest BCUT2D eigenvalue weighted by molar-refractivity contribution is 0.383. The maximum Gasteiger partial charge on any atom is 0.233 e. The van der Waals surface area contributed by atoms with Gasteiger partial charge in [-0.15, -0.1) is 11.3 Å². The molecule has 0 spiro atoms. The van der Waals surface area contributed by atoms with E-state index in [9.17, 15) is 0 Å². The molecular weight excluding hydrogens is 386 g/mol. The maximum atomic E-state index is 5.44. The number of aryl methyl sites for hydroxylation is 1. The lowest BCUT2D eigenvalue weighted by atomic mass is 10.1. The summed E-state index contributed by atoms with van der Waals surface area (Å²) in [6.07, 6.45) is 1.52. The van der Waals surface area contributed by atoms with Gasteiger partial charge < -0.3 is 14.0 Å². The third-order valence-corrected chi connectivity index (χ3v) is 5.48. The van der Waals surface area contributed by atoms with E-state index in [1.807, 2.05) is 12.1 Å². The van der Waals surface area contributed by atoms with Crippen LogP contribution in [0.2, 0.25) is 0 Å². The molecule has 0 saturated heterocycles. The summed E-state index contributed by atoms with van der Waals surface area (Å²) in [5, 5.41) is 7.08. The van der Waals surface area contributed by atoms with Crippen molar-refractivity contribution in [1.82, 2.24) is 15.1 Å². The molecule has 7 heteroatoms. The highest BCUT2D eigenvalue weighted by molar-refractivity contribution is 7.10. The molecule has 2 heterocycles. The minimum Gasteiger partial charge on any atom is -0.497 e. The highest BCUT2D eigenvalue weighted by atomic mass is 32.1. The van der Waals surface area contributed by atoms with Crippen LogP contribution in [-0.2, 0) is 12.8 Å². The van der Waals surface area contributed by atoms with Crippen LogP contribution in [0.5, 0.6) is 11.5 Å². The smallest absolute Gasteiger partial charge is 0.233 e. The van der Waals surface area contributed by atoms with E-state index in [0.29, 0.717) is 29.6 Å². The second kappa shape index (κ2) is 8.45. The van der Waals surface area contributed by atoms with E-state index in [2.05, 4.69) is 46.7 Å². The minimum absolute atomic E-state index is 0.478. The molecule has 0 saturated carbocycles. The van der Waals surface area contributed by atoms with Crippen molar-refractivity contribution in [1.29, 1.82) is 0 Å². The zero-order chi connectivity index (χ0) is 20.2. The van der Waals surface area contributed by atoms with Crippen molar-refractivity contribution < 1.29 is 14.0 Å². The summed E-state index contributed by atoms with van der Waals surface area (Å²) in [4.78, 5) is 9.23. The average molecular weight is 407 g/mol. The van der Waals surface area contributed by atoms with Gasteiger partial charge in [-0.3, -0.25) is 0 Å². The van der Waals surface area contributed by atoms with Crippen LogP contribution in [0.4, 0.5) is 0 Å². The first-order chi connectivity index (χ1) is 14.2. The molecule has 0 N–H and O–H groups in total. The number of nitrogens with zero attached hydrogens (tertiary/aromatic N) is 3. The SMILES string of the molecule is CCc1ccc(-c2csc(Cc3nc(-c4ccc(OC)cc4OC)no3)n2)cc1. The second-order valence-corrected chi connectivity index (χ2v) is 7.37. The number of rotatable bonds is 7. The molecule has 0 radical (unpaired) electrons. The standard InChI is InChI=1S/C22H21N3O3S/c1-4-14-5-7-15(8-6-14)18-13-29-21(23-18)12-20-24-22(25-28-20)17-10-9-16(26-2)11-19(17)27-3/h5-11,13H,4,12H2,1-3H3. The summed E-state index contributed by atoms with van der Waals surface area (Å²) in [5.74, 6) is 2.33. The van der Waals surface area contributed by atoms with Gasteiger partial charge in [-0.25, -0.2) is 4.98 Å². The van der Waals surface area contributed by atoms with Crippen molar-refractivity contribution in [3.8, 4) is 34.1 Å². The molecule has 2 aromatic carbocycles. The Bertz CT molecular complexity index is 1100. The monoisotopic (exact) mass is 407 g/mol. The first-order valence-electron chi connectivity index (χ1n) is 9.29. The van der Waals surface area contributed by atoms with Crippen LogP contribution in [0, 0.1) is 0 Å². The molecule has 0 aliphatic carbocycles. The van der Waals surface area contributed by atoms with Gasteiger partial charge in [-0.05, 0) is 24.1 Å². The largest absolute Gasteiger partial charge is 0.497 e. The second-order valence-electron chi connectivity index (χ2n) is 6.43. The van der Waals surface area contributed by atoms with Crippen LogP contribution in [0.1, 0.15) is 23.4 Å². The fourth-order valence-electron chi connectivity index (χ4n) is 2.98. The molecule has 148 valence electrons. The third kappa shape index (κ3) is 4.14. The molecule has 0 unspecified atom stereocenters. The van der Waals surface area contributed by atoms with E-state index < -0.39 is 0 Å². The molecule has 0 amide bonds. The zero-order valence-corrected chi connectivity index (χ0v) is 17.3. The van der Waals surface area contributed by atoms with E-state index >= 15 is 0 Å². The Morgan fingerprint density at radius 3 is 2.55 bits per heavy atom. The van der Waals surface area contributed by atoms with Crippen molar-refractivity contribution in [2.75, 3.05) is 14.2 Å². The Kier molecular flexibility index (Phi) is 5.57. The predicted octanol–water partition coefficient (Wildman–Crippen LogP) is 5.03. The lowest BCUT2D eigenvalue weighted by Crippen LogP contribution is -1.92. The Balaban J connectivity index is 1.52. The molecule has 2 aromatic heterocycles. The van der Waals surface area contributed by atoms with Crippen molar-refractivity contribution in [3.05, 3.63) is 64.3 Å². The zero-order valence-electron chi connectivity index (χ0n) is 16.5. The van der Waals surface area contributed by atoms with Gasteiger partial charge in [-0.1, -0.05) is 36.3 Å². The van der Waals surface area contributed by atoms with Gasteiger partial charge in [0.25, 0.3) is 0 Å². The van der Waals surface area contributed by atoms with E-state index in [1.165, 1.54) is 5.56 Å². The Hall–Kier alpha value is -3.19. The molecule has 4 rings (SSSR count). The van der Waals surface area contributed by atoms with Gasteiger partial charge in [0.15, 0.2) is 0 Å². The van der Waals surface area contributed by atoms with E-state index in [-0.39, 0.29) is 0 Å². The Labute approximate surface area is 173 Å². The highest BCUT2D eigenvalue weighted by Gasteiger charge is 2.16. The minimum atomic E-state index is 0.478. The van der Waals surface area contributed by atoms with Gasteiger partial charge in [0.1, 0.15) is 16.5 Å². The normalized spacial score (nSPS) is 10.9. The highest BCUT2D eigenvalue weighted by Crippen LogP contribution is 2.32. The molecule has 29 heavy (non-hydrogen) atoms. The van der Waals surface area contributed by atoms with Gasteiger partial charge in [0.05, 0.1) is 31.9 Å². The topological polar surface area (TPSA) is 70.3 Å². The van der Waals surface area contributed by atoms with E-state index in [0.717, 1.165) is 28.2 Å². The van der Waals surface area contributed by atoms with E-state index in [4.69, 9.17) is 19.0 Å². The van der Waals surface area contributed by atoms with E-state index in [1.54, 1.807) is 31.6 Å². The molecule has 0 bridgehead atoms. The van der Waals surface area contributed by atoms with Gasteiger partial charge >= 0.3 is 0 Å². The van der Waals surface area contributed by atoms with Crippen LogP contribution >= 0.6 is 11.3 Å². The summed E-state index contributed by atoms with van der Waals surface area (Å²) in [7, 11) is 3.21. The molecule has 6 nitrogen and oxygen atoms in total. The maximum absolute atomic E-state index is 5.44. The molecule has 0 aliphatic heterocycles. The Morgan fingerprint density at radius 2 is 1.83 bits per heavy atom. The fraction of sp³-hybridized carbons (Fsp3) is 0.227. The number of hydrogen-bond donors (Lipinski definition) is 0. The summed E-state index contributed by atoms with van der Waals surface area (Å²) in [6, 6.07) is 14.0. The van der Waals surface area contributed by atoms with Crippen molar-refractivity contribution in [2.24, 2.45) is 0 Å². The van der Waals surface area contributed by atoms with Crippen LogP contribution in [-0.4, -0.2) is 29.3 Å². The van der Waals surface area contributed by atoms with Gasteiger partial charge in [0, 0.05) is 17.0 Å². The van der Waals surface area contributed by atoms with Crippen molar-refractivity contribution >= 4 is 11.3 Å². The summed E-state index contributed by atoms with van der Waals surface area (Å²) in [5.41, 5.74) is 4.14. The fourth-order valence-corrected chi connectivity index (χ4v) is 3.78. The van der Waals surface area contributed by atoms with Crippen LogP contribution < -0.4 is 9.47 Å². The summed E-state index contributed by atoms with van der Waals surface area (Å²) in [6.45, 7) is 2.15. The molecule has 4 aromatic rings.